The molecule has 3 nitrogen and oxygen atoms in total. The molecule has 4 heteroatoms. The molecule has 0 saturated carbocycles. The number of nitrogens with zero attached hydrogens (tertiary/aromatic N) is 2. The van der Waals surface area contributed by atoms with Gasteiger partial charge in [-0.25, -0.2) is 4.98 Å². The number of nitrogens with two attached hydrogens (primary N) is 1. The summed E-state index contributed by atoms with van der Waals surface area (Å²) in [6.45, 7) is 7.03. The highest BCUT2D eigenvalue weighted by Crippen LogP contribution is 2.21. The van der Waals surface area contributed by atoms with Crippen LogP contribution in [-0.4, -0.2) is 18.1 Å². The van der Waals surface area contributed by atoms with Crippen molar-refractivity contribution >= 4 is 16.5 Å². The monoisotopic (exact) mass is 199 g/mol. The van der Waals surface area contributed by atoms with E-state index >= 15 is 0 Å². The van der Waals surface area contributed by atoms with Gasteiger partial charge in [-0.3, -0.25) is 0 Å². The van der Waals surface area contributed by atoms with E-state index in [1.54, 1.807) is 11.3 Å². The van der Waals surface area contributed by atoms with Gasteiger partial charge in [-0.1, -0.05) is 6.92 Å². The van der Waals surface area contributed by atoms with E-state index in [0.29, 0.717) is 6.54 Å². The Morgan fingerprint density at radius 2 is 2.31 bits per heavy atom. The third-order valence-corrected chi connectivity index (χ3v) is 2.97. The Morgan fingerprint density at radius 3 is 2.77 bits per heavy atom. The van der Waals surface area contributed by atoms with Gasteiger partial charge < -0.3 is 10.6 Å². The van der Waals surface area contributed by atoms with E-state index in [1.165, 1.54) is 0 Å². The first-order chi connectivity index (χ1) is 6.31. The van der Waals surface area contributed by atoms with Gasteiger partial charge >= 0.3 is 0 Å². The molecule has 1 heterocycles. The van der Waals surface area contributed by atoms with Crippen LogP contribution < -0.4 is 10.6 Å². The predicted molar refractivity (Wildman–Crippen MR) is 58.2 cm³/mol. The lowest BCUT2D eigenvalue weighted by atomic mass is 10.4. The molecule has 0 radical (unpaired) electrons. The summed E-state index contributed by atoms with van der Waals surface area (Å²) >= 11 is 1.70. The van der Waals surface area contributed by atoms with Gasteiger partial charge in [0, 0.05) is 30.7 Å². The van der Waals surface area contributed by atoms with E-state index in [0.717, 1.165) is 29.5 Å². The largest absolute Gasteiger partial charge is 0.348 e. The highest BCUT2D eigenvalue weighted by molar-refractivity contribution is 7.15. The summed E-state index contributed by atoms with van der Waals surface area (Å²) in [7, 11) is 0. The van der Waals surface area contributed by atoms with Crippen molar-refractivity contribution in [1.29, 1.82) is 0 Å². The van der Waals surface area contributed by atoms with Crippen LogP contribution in [0, 0.1) is 0 Å². The van der Waals surface area contributed by atoms with E-state index < -0.39 is 0 Å². The van der Waals surface area contributed by atoms with Crippen LogP contribution in [0.4, 0.5) is 5.13 Å². The summed E-state index contributed by atoms with van der Waals surface area (Å²) in [5.41, 5.74) is 5.53. The highest BCUT2D eigenvalue weighted by atomic mass is 32.1. The first kappa shape index (κ1) is 10.5. The lowest BCUT2D eigenvalue weighted by Crippen LogP contribution is -2.22. The number of hydrogen-bond acceptors (Lipinski definition) is 4. The average Bonchev–Trinajstić information content (AvgIpc) is 2.62. The lowest BCUT2D eigenvalue weighted by Gasteiger charge is -2.18. The maximum Gasteiger partial charge on any atom is 0.185 e. The minimum Gasteiger partial charge on any atom is -0.348 e. The molecule has 74 valence electrons. The number of thiazole rings is 1. The Bertz CT molecular complexity index is 247. The molecule has 1 aromatic rings. The van der Waals surface area contributed by atoms with Crippen LogP contribution in [0.2, 0.25) is 0 Å². The van der Waals surface area contributed by atoms with Crippen molar-refractivity contribution in [1.82, 2.24) is 4.98 Å². The fraction of sp³-hybridized carbons (Fsp3) is 0.667. The van der Waals surface area contributed by atoms with E-state index in [1.807, 2.05) is 6.20 Å². The second-order valence-electron chi connectivity index (χ2n) is 2.89. The first-order valence-corrected chi connectivity index (χ1v) is 5.53. The van der Waals surface area contributed by atoms with Crippen LogP contribution in [0.25, 0.3) is 0 Å². The quantitative estimate of drug-likeness (QED) is 0.786. The van der Waals surface area contributed by atoms with Crippen LogP contribution in [0.1, 0.15) is 25.1 Å². The Morgan fingerprint density at radius 1 is 1.54 bits per heavy atom. The number of hydrogen-bond donors (Lipinski definition) is 1. The van der Waals surface area contributed by atoms with E-state index in [-0.39, 0.29) is 0 Å². The normalized spacial score (nSPS) is 10.4. The second-order valence-corrected chi connectivity index (χ2v) is 3.99. The Kier molecular flexibility index (Phi) is 4.18. The van der Waals surface area contributed by atoms with Gasteiger partial charge in [0.25, 0.3) is 0 Å². The van der Waals surface area contributed by atoms with Crippen LogP contribution in [0.15, 0.2) is 6.20 Å². The molecule has 0 spiro atoms. The van der Waals surface area contributed by atoms with Crippen LogP contribution in [0.3, 0.4) is 0 Å². The summed E-state index contributed by atoms with van der Waals surface area (Å²) in [5.74, 6) is 0. The molecule has 0 aliphatic heterocycles. The smallest absolute Gasteiger partial charge is 0.185 e. The van der Waals surface area contributed by atoms with Gasteiger partial charge in [0.15, 0.2) is 5.13 Å². The standard InChI is InChI=1S/C9H17N3S/c1-3-5-12(4-2)9-11-7-8(6-10)13-9/h7H,3-6,10H2,1-2H3. The molecule has 0 aromatic carbocycles. The molecule has 0 amide bonds. The number of aromatic nitrogens is 1. The average molecular weight is 199 g/mol. The van der Waals surface area contributed by atoms with Crippen LogP contribution in [-0.2, 0) is 6.54 Å². The Labute approximate surface area is 83.6 Å². The molecule has 0 aliphatic rings. The summed E-state index contributed by atoms with van der Waals surface area (Å²) < 4.78 is 0. The van der Waals surface area contributed by atoms with Gasteiger partial charge in [0.05, 0.1) is 0 Å². The topological polar surface area (TPSA) is 42.2 Å². The molecular weight excluding hydrogens is 182 g/mol. The van der Waals surface area contributed by atoms with Crippen molar-refractivity contribution in [2.24, 2.45) is 5.73 Å². The van der Waals surface area contributed by atoms with Crippen molar-refractivity contribution in [2.75, 3.05) is 18.0 Å². The minimum atomic E-state index is 0.599. The fourth-order valence-corrected chi connectivity index (χ4v) is 2.07. The van der Waals surface area contributed by atoms with E-state index in [2.05, 4.69) is 23.7 Å². The maximum absolute atomic E-state index is 5.53. The molecule has 2 N–H and O–H groups in total. The summed E-state index contributed by atoms with van der Waals surface area (Å²) in [4.78, 5) is 7.78. The van der Waals surface area contributed by atoms with Crippen molar-refractivity contribution in [3.8, 4) is 0 Å². The first-order valence-electron chi connectivity index (χ1n) is 4.71. The third kappa shape index (κ3) is 2.67. The van der Waals surface area contributed by atoms with Gasteiger partial charge in [0.1, 0.15) is 0 Å². The molecule has 0 fully saturated rings. The van der Waals surface area contributed by atoms with Crippen LogP contribution >= 0.6 is 11.3 Å². The molecule has 0 atom stereocenters. The van der Waals surface area contributed by atoms with E-state index in [9.17, 15) is 0 Å². The molecule has 0 unspecified atom stereocenters. The molecule has 0 bridgehead atoms. The summed E-state index contributed by atoms with van der Waals surface area (Å²) in [6, 6.07) is 0. The van der Waals surface area contributed by atoms with Crippen molar-refractivity contribution in [2.45, 2.75) is 26.8 Å². The van der Waals surface area contributed by atoms with Crippen molar-refractivity contribution < 1.29 is 0 Å². The highest BCUT2D eigenvalue weighted by Gasteiger charge is 2.07. The molecule has 0 aliphatic carbocycles. The minimum absolute atomic E-state index is 0.599. The molecule has 1 aromatic heterocycles. The Hall–Kier alpha value is -0.610. The molecule has 0 saturated heterocycles. The fourth-order valence-electron chi connectivity index (χ4n) is 1.20. The number of anilines is 1. The predicted octanol–water partition coefficient (Wildman–Crippen LogP) is 1.84. The third-order valence-electron chi connectivity index (χ3n) is 1.89. The summed E-state index contributed by atoms with van der Waals surface area (Å²) in [5, 5.41) is 1.10. The van der Waals surface area contributed by atoms with Gasteiger partial charge in [-0.15, -0.1) is 11.3 Å². The molecule has 13 heavy (non-hydrogen) atoms. The van der Waals surface area contributed by atoms with E-state index in [4.69, 9.17) is 5.73 Å². The second kappa shape index (κ2) is 5.19. The van der Waals surface area contributed by atoms with Crippen LogP contribution in [0.5, 0.6) is 0 Å². The van der Waals surface area contributed by atoms with Crippen molar-refractivity contribution in [3.63, 3.8) is 0 Å². The summed E-state index contributed by atoms with van der Waals surface area (Å²) in [6.07, 6.45) is 3.03. The molecule has 1 rings (SSSR count). The maximum atomic E-state index is 5.53. The van der Waals surface area contributed by atoms with Gasteiger partial charge in [-0.05, 0) is 13.3 Å². The zero-order chi connectivity index (χ0) is 9.68. The number of rotatable bonds is 5. The molecular formula is C9H17N3S. The van der Waals surface area contributed by atoms with Gasteiger partial charge in [0.2, 0.25) is 0 Å². The lowest BCUT2D eigenvalue weighted by molar-refractivity contribution is 0.788. The Balaban J connectivity index is 2.67. The zero-order valence-electron chi connectivity index (χ0n) is 8.29. The van der Waals surface area contributed by atoms with Crippen molar-refractivity contribution in [3.05, 3.63) is 11.1 Å². The SMILES string of the molecule is CCCN(CC)c1ncc(CN)s1. The van der Waals surface area contributed by atoms with Gasteiger partial charge in [-0.2, -0.15) is 0 Å². The zero-order valence-corrected chi connectivity index (χ0v) is 9.10.